The molecule has 7 heteroatoms. The SMILES string of the molecule is COC(=O)c1ccc(Cl)c(Nc2ccc(NC(=O)C3CCOCC3)cc2)c1. The van der Waals surface area contributed by atoms with Crippen molar-refractivity contribution in [3.8, 4) is 0 Å². The fourth-order valence-corrected chi connectivity index (χ4v) is 3.03. The molecule has 3 rings (SSSR count). The van der Waals surface area contributed by atoms with Gasteiger partial charge >= 0.3 is 5.97 Å². The summed E-state index contributed by atoms with van der Waals surface area (Å²) in [7, 11) is 1.33. The van der Waals surface area contributed by atoms with Crippen molar-refractivity contribution in [2.45, 2.75) is 12.8 Å². The van der Waals surface area contributed by atoms with Gasteiger partial charge in [-0.1, -0.05) is 11.6 Å². The molecular weight excluding hydrogens is 368 g/mol. The first-order chi connectivity index (χ1) is 13.1. The molecule has 0 spiro atoms. The van der Waals surface area contributed by atoms with E-state index in [2.05, 4.69) is 10.6 Å². The van der Waals surface area contributed by atoms with Gasteiger partial charge in [-0.15, -0.1) is 0 Å². The van der Waals surface area contributed by atoms with Crippen LogP contribution in [0.15, 0.2) is 42.5 Å². The van der Waals surface area contributed by atoms with Crippen LogP contribution in [0.2, 0.25) is 5.02 Å². The molecule has 142 valence electrons. The summed E-state index contributed by atoms with van der Waals surface area (Å²) in [5, 5.41) is 6.59. The average molecular weight is 389 g/mol. The van der Waals surface area contributed by atoms with Gasteiger partial charge in [0.15, 0.2) is 0 Å². The fourth-order valence-electron chi connectivity index (χ4n) is 2.86. The smallest absolute Gasteiger partial charge is 0.337 e. The van der Waals surface area contributed by atoms with E-state index in [0.29, 0.717) is 29.5 Å². The minimum Gasteiger partial charge on any atom is -0.465 e. The van der Waals surface area contributed by atoms with Gasteiger partial charge in [0.1, 0.15) is 0 Å². The van der Waals surface area contributed by atoms with E-state index < -0.39 is 5.97 Å². The Morgan fingerprint density at radius 3 is 2.41 bits per heavy atom. The number of benzene rings is 2. The van der Waals surface area contributed by atoms with Crippen LogP contribution in [0.25, 0.3) is 0 Å². The van der Waals surface area contributed by atoms with Crippen LogP contribution >= 0.6 is 11.6 Å². The Hall–Kier alpha value is -2.57. The first kappa shape index (κ1) is 19.2. The van der Waals surface area contributed by atoms with Gasteiger partial charge in [0.05, 0.1) is 23.4 Å². The van der Waals surface area contributed by atoms with Crippen LogP contribution < -0.4 is 10.6 Å². The van der Waals surface area contributed by atoms with Crippen molar-refractivity contribution in [1.29, 1.82) is 0 Å². The minimum absolute atomic E-state index is 0.00332. The Bertz CT molecular complexity index is 817. The van der Waals surface area contributed by atoms with Crippen LogP contribution in [0.4, 0.5) is 17.1 Å². The molecular formula is C20H21ClN2O4. The maximum absolute atomic E-state index is 12.3. The molecule has 1 fully saturated rings. The summed E-state index contributed by atoms with van der Waals surface area (Å²) in [5.41, 5.74) is 2.51. The van der Waals surface area contributed by atoms with Crippen molar-refractivity contribution >= 4 is 40.5 Å². The Morgan fingerprint density at radius 2 is 1.74 bits per heavy atom. The average Bonchev–Trinajstić information content (AvgIpc) is 2.71. The number of ether oxygens (including phenoxy) is 2. The second-order valence-electron chi connectivity index (χ2n) is 6.26. The van der Waals surface area contributed by atoms with Crippen LogP contribution in [-0.4, -0.2) is 32.2 Å². The predicted octanol–water partition coefficient (Wildman–Crippen LogP) is 4.24. The summed E-state index contributed by atoms with van der Waals surface area (Å²) in [6.45, 7) is 1.26. The highest BCUT2D eigenvalue weighted by molar-refractivity contribution is 6.33. The summed E-state index contributed by atoms with van der Waals surface area (Å²) >= 11 is 6.20. The van der Waals surface area contributed by atoms with E-state index >= 15 is 0 Å². The topological polar surface area (TPSA) is 76.7 Å². The number of amides is 1. The number of rotatable bonds is 5. The van der Waals surface area contributed by atoms with Crippen LogP contribution in [-0.2, 0) is 14.3 Å². The molecule has 1 aliphatic heterocycles. The van der Waals surface area contributed by atoms with E-state index in [9.17, 15) is 9.59 Å². The fraction of sp³-hybridized carbons (Fsp3) is 0.300. The van der Waals surface area contributed by atoms with Gasteiger partial charge in [0.25, 0.3) is 0 Å². The molecule has 0 atom stereocenters. The number of carbonyl (C=O) groups is 2. The molecule has 0 aliphatic carbocycles. The molecule has 0 radical (unpaired) electrons. The van der Waals surface area contributed by atoms with Crippen molar-refractivity contribution in [3.63, 3.8) is 0 Å². The van der Waals surface area contributed by atoms with E-state index in [1.807, 2.05) is 24.3 Å². The molecule has 1 amide bonds. The molecule has 1 heterocycles. The summed E-state index contributed by atoms with van der Waals surface area (Å²) in [5.74, 6) is -0.412. The molecule has 0 unspecified atom stereocenters. The monoisotopic (exact) mass is 388 g/mol. The number of hydrogen-bond acceptors (Lipinski definition) is 5. The maximum atomic E-state index is 12.3. The van der Waals surface area contributed by atoms with Gasteiger partial charge in [0, 0.05) is 30.5 Å². The van der Waals surface area contributed by atoms with Gasteiger partial charge in [-0.2, -0.15) is 0 Å². The maximum Gasteiger partial charge on any atom is 0.337 e. The zero-order valence-electron chi connectivity index (χ0n) is 15.0. The molecule has 2 aromatic rings. The van der Waals surface area contributed by atoms with E-state index in [0.717, 1.165) is 24.2 Å². The zero-order valence-corrected chi connectivity index (χ0v) is 15.7. The Balaban J connectivity index is 1.65. The van der Waals surface area contributed by atoms with Gasteiger partial charge in [-0.3, -0.25) is 4.79 Å². The van der Waals surface area contributed by atoms with E-state index in [1.54, 1.807) is 18.2 Å². The predicted molar refractivity (Wildman–Crippen MR) is 105 cm³/mol. The number of methoxy groups -OCH3 is 1. The van der Waals surface area contributed by atoms with Crippen LogP contribution in [0.5, 0.6) is 0 Å². The molecule has 0 aromatic heterocycles. The molecule has 2 aromatic carbocycles. The molecule has 1 saturated heterocycles. The number of anilines is 3. The largest absolute Gasteiger partial charge is 0.465 e. The third-order valence-electron chi connectivity index (χ3n) is 4.41. The Morgan fingerprint density at radius 1 is 1.07 bits per heavy atom. The minimum atomic E-state index is -0.430. The first-order valence-electron chi connectivity index (χ1n) is 8.70. The van der Waals surface area contributed by atoms with Gasteiger partial charge < -0.3 is 20.1 Å². The van der Waals surface area contributed by atoms with Crippen molar-refractivity contribution in [3.05, 3.63) is 53.1 Å². The van der Waals surface area contributed by atoms with Gasteiger partial charge in [-0.05, 0) is 55.3 Å². The number of hydrogen-bond donors (Lipinski definition) is 2. The number of nitrogens with one attached hydrogen (secondary N) is 2. The number of halogens is 1. The van der Waals surface area contributed by atoms with Crippen molar-refractivity contribution in [2.24, 2.45) is 5.92 Å². The van der Waals surface area contributed by atoms with Crippen molar-refractivity contribution < 1.29 is 19.1 Å². The molecule has 6 nitrogen and oxygen atoms in total. The van der Waals surface area contributed by atoms with E-state index in [4.69, 9.17) is 21.1 Å². The zero-order chi connectivity index (χ0) is 19.2. The normalized spacial score (nSPS) is 14.4. The highest BCUT2D eigenvalue weighted by Crippen LogP contribution is 2.28. The highest BCUT2D eigenvalue weighted by atomic mass is 35.5. The van der Waals surface area contributed by atoms with Crippen LogP contribution in [0.3, 0.4) is 0 Å². The molecule has 0 bridgehead atoms. The summed E-state index contributed by atoms with van der Waals surface area (Å²) < 4.78 is 10.0. The molecule has 2 N–H and O–H groups in total. The lowest BCUT2D eigenvalue weighted by Gasteiger charge is -2.21. The summed E-state index contributed by atoms with van der Waals surface area (Å²) in [4.78, 5) is 23.9. The Labute approximate surface area is 162 Å². The second-order valence-corrected chi connectivity index (χ2v) is 6.67. The van der Waals surface area contributed by atoms with E-state index in [1.165, 1.54) is 7.11 Å². The van der Waals surface area contributed by atoms with Crippen molar-refractivity contribution in [2.75, 3.05) is 31.0 Å². The van der Waals surface area contributed by atoms with Crippen molar-refractivity contribution in [1.82, 2.24) is 0 Å². The van der Waals surface area contributed by atoms with Crippen LogP contribution in [0, 0.1) is 5.92 Å². The molecule has 0 saturated carbocycles. The first-order valence-corrected chi connectivity index (χ1v) is 9.08. The second kappa shape index (κ2) is 8.88. The molecule has 1 aliphatic rings. The number of carbonyl (C=O) groups excluding carboxylic acids is 2. The summed E-state index contributed by atoms with van der Waals surface area (Å²) in [6, 6.07) is 12.2. The Kier molecular flexibility index (Phi) is 6.32. The molecule has 27 heavy (non-hydrogen) atoms. The summed E-state index contributed by atoms with van der Waals surface area (Å²) in [6.07, 6.45) is 1.50. The lowest BCUT2D eigenvalue weighted by Crippen LogP contribution is -2.28. The third kappa shape index (κ3) is 4.99. The van der Waals surface area contributed by atoms with Gasteiger partial charge in [-0.25, -0.2) is 4.79 Å². The highest BCUT2D eigenvalue weighted by Gasteiger charge is 2.21. The standard InChI is InChI=1S/C20H21ClN2O4/c1-26-20(25)14-2-7-17(21)18(12-14)22-15-3-5-16(6-4-15)23-19(24)13-8-10-27-11-9-13/h2-7,12-13,22H,8-11H2,1H3,(H,23,24). The van der Waals surface area contributed by atoms with Crippen LogP contribution in [0.1, 0.15) is 23.2 Å². The van der Waals surface area contributed by atoms with Gasteiger partial charge in [0.2, 0.25) is 5.91 Å². The number of esters is 1. The lowest BCUT2D eigenvalue weighted by molar-refractivity contribution is -0.122. The lowest BCUT2D eigenvalue weighted by atomic mass is 9.99. The van der Waals surface area contributed by atoms with E-state index in [-0.39, 0.29) is 11.8 Å². The quantitative estimate of drug-likeness (QED) is 0.749. The third-order valence-corrected chi connectivity index (χ3v) is 4.74.